The second kappa shape index (κ2) is 5.53. The van der Waals surface area contributed by atoms with Crippen LogP contribution in [-0.2, 0) is 5.60 Å². The molecular weight excluding hydrogens is 260 g/mol. The third-order valence-corrected chi connectivity index (χ3v) is 4.68. The molecule has 0 saturated heterocycles. The summed E-state index contributed by atoms with van der Waals surface area (Å²) in [6.07, 6.45) is 3.94. The molecule has 0 aliphatic heterocycles. The highest BCUT2D eigenvalue weighted by atomic mass is 16.5. The van der Waals surface area contributed by atoms with Crippen molar-refractivity contribution in [3.05, 3.63) is 65.2 Å². The molecule has 2 aromatic rings. The SMILES string of the molecule is COc1cccc(C(C)(O)c2ccc(C3CCC3)cc2)c1. The summed E-state index contributed by atoms with van der Waals surface area (Å²) in [4.78, 5) is 0. The molecule has 2 nitrogen and oxygen atoms in total. The van der Waals surface area contributed by atoms with Gasteiger partial charge in [0, 0.05) is 0 Å². The van der Waals surface area contributed by atoms with E-state index in [1.807, 2.05) is 43.3 Å². The first-order valence-corrected chi connectivity index (χ1v) is 7.58. The molecule has 0 aromatic heterocycles. The molecule has 21 heavy (non-hydrogen) atoms. The molecule has 1 atom stereocenters. The zero-order valence-electron chi connectivity index (χ0n) is 12.7. The molecule has 1 unspecified atom stereocenters. The molecule has 1 saturated carbocycles. The molecule has 1 fully saturated rings. The summed E-state index contributed by atoms with van der Waals surface area (Å²) < 4.78 is 5.25. The van der Waals surface area contributed by atoms with Gasteiger partial charge in [0.15, 0.2) is 0 Å². The third-order valence-electron chi connectivity index (χ3n) is 4.68. The van der Waals surface area contributed by atoms with E-state index in [-0.39, 0.29) is 0 Å². The van der Waals surface area contributed by atoms with Crippen molar-refractivity contribution in [2.75, 3.05) is 7.11 Å². The summed E-state index contributed by atoms with van der Waals surface area (Å²) >= 11 is 0. The highest BCUT2D eigenvalue weighted by molar-refractivity contribution is 5.40. The Kier molecular flexibility index (Phi) is 3.73. The Balaban J connectivity index is 1.89. The number of hydrogen-bond donors (Lipinski definition) is 1. The Morgan fingerprint density at radius 3 is 2.33 bits per heavy atom. The third kappa shape index (κ3) is 2.68. The molecule has 0 bridgehead atoms. The molecular formula is C19H22O2. The van der Waals surface area contributed by atoms with Gasteiger partial charge in [0.1, 0.15) is 11.4 Å². The van der Waals surface area contributed by atoms with Gasteiger partial charge in [-0.15, -0.1) is 0 Å². The van der Waals surface area contributed by atoms with Gasteiger partial charge in [-0.3, -0.25) is 0 Å². The lowest BCUT2D eigenvalue weighted by molar-refractivity contribution is 0.102. The number of aliphatic hydroxyl groups is 1. The number of ether oxygens (including phenoxy) is 1. The fraction of sp³-hybridized carbons (Fsp3) is 0.368. The average molecular weight is 282 g/mol. The normalized spacial score (nSPS) is 17.9. The van der Waals surface area contributed by atoms with Crippen molar-refractivity contribution in [3.63, 3.8) is 0 Å². The minimum Gasteiger partial charge on any atom is -0.497 e. The van der Waals surface area contributed by atoms with Crippen LogP contribution in [0.15, 0.2) is 48.5 Å². The molecule has 2 heteroatoms. The standard InChI is InChI=1S/C19H22O2/c1-19(20,17-7-4-8-18(13-17)21-2)16-11-9-15(10-12-16)14-5-3-6-14/h4,7-14,20H,3,5-6H2,1-2H3. The fourth-order valence-electron chi connectivity index (χ4n) is 2.91. The summed E-state index contributed by atoms with van der Waals surface area (Å²) in [5.41, 5.74) is 2.15. The van der Waals surface area contributed by atoms with Gasteiger partial charge in [0.25, 0.3) is 0 Å². The zero-order chi connectivity index (χ0) is 14.9. The number of benzene rings is 2. The molecule has 0 radical (unpaired) electrons. The van der Waals surface area contributed by atoms with Crippen LogP contribution in [0.5, 0.6) is 5.75 Å². The number of rotatable bonds is 4. The van der Waals surface area contributed by atoms with Gasteiger partial charge < -0.3 is 9.84 Å². The van der Waals surface area contributed by atoms with Crippen LogP contribution >= 0.6 is 0 Å². The van der Waals surface area contributed by atoms with E-state index in [4.69, 9.17) is 4.74 Å². The van der Waals surface area contributed by atoms with Crippen LogP contribution in [0.2, 0.25) is 0 Å². The van der Waals surface area contributed by atoms with E-state index < -0.39 is 5.60 Å². The maximum atomic E-state index is 10.9. The monoisotopic (exact) mass is 282 g/mol. The molecule has 110 valence electrons. The molecule has 3 rings (SSSR count). The van der Waals surface area contributed by atoms with E-state index in [2.05, 4.69) is 12.1 Å². The van der Waals surface area contributed by atoms with Crippen LogP contribution in [0.1, 0.15) is 48.8 Å². The van der Waals surface area contributed by atoms with Gasteiger partial charge in [-0.05, 0) is 54.5 Å². The van der Waals surface area contributed by atoms with Crippen LogP contribution in [0.4, 0.5) is 0 Å². The second-order valence-electron chi connectivity index (χ2n) is 6.05. The lowest BCUT2D eigenvalue weighted by Crippen LogP contribution is -2.23. The van der Waals surface area contributed by atoms with Crippen molar-refractivity contribution in [2.24, 2.45) is 0 Å². The van der Waals surface area contributed by atoms with Crippen molar-refractivity contribution in [1.29, 1.82) is 0 Å². The van der Waals surface area contributed by atoms with E-state index in [1.165, 1.54) is 24.8 Å². The zero-order valence-corrected chi connectivity index (χ0v) is 12.7. The van der Waals surface area contributed by atoms with Gasteiger partial charge >= 0.3 is 0 Å². The predicted octanol–water partition coefficient (Wildman–Crippen LogP) is 4.22. The highest BCUT2D eigenvalue weighted by Gasteiger charge is 2.27. The number of methoxy groups -OCH3 is 1. The largest absolute Gasteiger partial charge is 0.497 e. The van der Waals surface area contributed by atoms with Crippen molar-refractivity contribution >= 4 is 0 Å². The van der Waals surface area contributed by atoms with Crippen LogP contribution < -0.4 is 4.74 Å². The highest BCUT2D eigenvalue weighted by Crippen LogP contribution is 2.37. The van der Waals surface area contributed by atoms with Crippen molar-refractivity contribution in [1.82, 2.24) is 0 Å². The van der Waals surface area contributed by atoms with Gasteiger partial charge in [0.2, 0.25) is 0 Å². The lowest BCUT2D eigenvalue weighted by Gasteiger charge is -2.28. The first kappa shape index (κ1) is 14.2. The Morgan fingerprint density at radius 1 is 1.05 bits per heavy atom. The molecule has 2 aromatic carbocycles. The van der Waals surface area contributed by atoms with Gasteiger partial charge in [0.05, 0.1) is 7.11 Å². The van der Waals surface area contributed by atoms with E-state index in [0.717, 1.165) is 22.8 Å². The fourth-order valence-corrected chi connectivity index (χ4v) is 2.91. The molecule has 1 aliphatic carbocycles. The summed E-state index contributed by atoms with van der Waals surface area (Å²) in [7, 11) is 1.64. The molecule has 1 N–H and O–H groups in total. The topological polar surface area (TPSA) is 29.5 Å². The Morgan fingerprint density at radius 2 is 1.76 bits per heavy atom. The van der Waals surface area contributed by atoms with E-state index in [9.17, 15) is 5.11 Å². The molecule has 0 amide bonds. The predicted molar refractivity (Wildman–Crippen MR) is 84.7 cm³/mol. The van der Waals surface area contributed by atoms with Crippen molar-refractivity contribution < 1.29 is 9.84 Å². The van der Waals surface area contributed by atoms with Gasteiger partial charge in [-0.25, -0.2) is 0 Å². The quantitative estimate of drug-likeness (QED) is 0.910. The van der Waals surface area contributed by atoms with Gasteiger partial charge in [-0.2, -0.15) is 0 Å². The second-order valence-corrected chi connectivity index (χ2v) is 6.05. The summed E-state index contributed by atoms with van der Waals surface area (Å²) in [5, 5.41) is 10.9. The first-order chi connectivity index (χ1) is 10.1. The summed E-state index contributed by atoms with van der Waals surface area (Å²) in [5.74, 6) is 1.49. The maximum absolute atomic E-state index is 10.9. The minimum atomic E-state index is -1.01. The lowest BCUT2D eigenvalue weighted by atomic mass is 9.79. The van der Waals surface area contributed by atoms with Crippen LogP contribution in [0, 0.1) is 0 Å². The first-order valence-electron chi connectivity index (χ1n) is 7.58. The molecule has 1 aliphatic rings. The maximum Gasteiger partial charge on any atom is 0.119 e. The van der Waals surface area contributed by atoms with E-state index in [0.29, 0.717) is 0 Å². The number of hydrogen-bond acceptors (Lipinski definition) is 2. The van der Waals surface area contributed by atoms with Crippen LogP contribution in [0.25, 0.3) is 0 Å². The van der Waals surface area contributed by atoms with E-state index in [1.54, 1.807) is 7.11 Å². The van der Waals surface area contributed by atoms with Gasteiger partial charge in [-0.1, -0.05) is 42.8 Å². The summed E-state index contributed by atoms with van der Waals surface area (Å²) in [6, 6.07) is 16.0. The Hall–Kier alpha value is -1.80. The van der Waals surface area contributed by atoms with Crippen molar-refractivity contribution in [2.45, 2.75) is 37.7 Å². The Bertz CT molecular complexity index is 610. The smallest absolute Gasteiger partial charge is 0.119 e. The molecule has 0 heterocycles. The van der Waals surface area contributed by atoms with Crippen molar-refractivity contribution in [3.8, 4) is 5.75 Å². The summed E-state index contributed by atoms with van der Waals surface area (Å²) in [6.45, 7) is 1.83. The average Bonchev–Trinajstić information content (AvgIpc) is 2.46. The Labute approximate surface area is 126 Å². The van der Waals surface area contributed by atoms with E-state index >= 15 is 0 Å². The van der Waals surface area contributed by atoms with Crippen LogP contribution in [0.3, 0.4) is 0 Å². The minimum absolute atomic E-state index is 0.723. The van der Waals surface area contributed by atoms with Crippen LogP contribution in [-0.4, -0.2) is 12.2 Å². The molecule has 0 spiro atoms.